The second-order valence-electron chi connectivity index (χ2n) is 2.98. The highest BCUT2D eigenvalue weighted by atomic mass is 19.1. The lowest BCUT2D eigenvalue weighted by Gasteiger charge is -2.15. The van der Waals surface area contributed by atoms with Gasteiger partial charge in [-0.05, 0) is 24.6 Å². The Kier molecular flexibility index (Phi) is 2.85. The zero-order valence-corrected chi connectivity index (χ0v) is 7.24. The first-order valence-corrected chi connectivity index (χ1v) is 3.94. The van der Waals surface area contributed by atoms with E-state index >= 15 is 0 Å². The minimum absolute atomic E-state index is 0.450. The molecule has 1 rings (SSSR count). The predicted octanol–water partition coefficient (Wildman–Crippen LogP) is 0.912. The Hall–Kier alpha value is -1.13. The number of aliphatic hydroxyl groups excluding tert-OH is 1. The molecule has 0 radical (unpaired) electrons. The van der Waals surface area contributed by atoms with Crippen LogP contribution in [-0.4, -0.2) is 16.3 Å². The Morgan fingerprint density at radius 1 is 1.46 bits per heavy atom. The van der Waals surface area contributed by atoms with E-state index < -0.39 is 23.7 Å². The third kappa shape index (κ3) is 2.17. The zero-order valence-electron chi connectivity index (χ0n) is 7.24. The third-order valence-electron chi connectivity index (χ3n) is 1.87. The maximum atomic E-state index is 12.6. The molecule has 0 unspecified atom stereocenters. The molecule has 4 N–H and O–H groups in total. The van der Waals surface area contributed by atoms with Crippen molar-refractivity contribution in [1.82, 2.24) is 0 Å². The molecule has 0 heterocycles. The van der Waals surface area contributed by atoms with Gasteiger partial charge in [0.05, 0.1) is 12.1 Å². The first-order valence-electron chi connectivity index (χ1n) is 3.94. The van der Waals surface area contributed by atoms with Gasteiger partial charge < -0.3 is 15.9 Å². The highest BCUT2D eigenvalue weighted by Gasteiger charge is 2.13. The molecule has 0 aliphatic carbocycles. The fourth-order valence-corrected chi connectivity index (χ4v) is 1.02. The monoisotopic (exact) mass is 185 g/mol. The van der Waals surface area contributed by atoms with Gasteiger partial charge in [-0.25, -0.2) is 4.39 Å². The Morgan fingerprint density at radius 3 is 2.54 bits per heavy atom. The van der Waals surface area contributed by atoms with Crippen LogP contribution in [0.4, 0.5) is 4.39 Å². The number of rotatable bonds is 2. The molecular formula is C9H12FNO2. The zero-order chi connectivity index (χ0) is 10.0. The minimum atomic E-state index is -0.732. The minimum Gasteiger partial charge on any atom is -0.505 e. The first-order chi connectivity index (χ1) is 6.02. The van der Waals surface area contributed by atoms with Gasteiger partial charge in [-0.2, -0.15) is 0 Å². The molecule has 72 valence electrons. The van der Waals surface area contributed by atoms with Gasteiger partial charge in [0.1, 0.15) is 0 Å². The van der Waals surface area contributed by atoms with Crippen LogP contribution in [0, 0.1) is 5.82 Å². The summed E-state index contributed by atoms with van der Waals surface area (Å²) in [6.45, 7) is 1.53. The molecule has 0 fully saturated rings. The van der Waals surface area contributed by atoms with Crippen LogP contribution < -0.4 is 5.73 Å². The van der Waals surface area contributed by atoms with Gasteiger partial charge in [-0.3, -0.25) is 0 Å². The highest BCUT2D eigenvalue weighted by molar-refractivity contribution is 5.31. The highest BCUT2D eigenvalue weighted by Crippen LogP contribution is 2.21. The molecule has 4 heteroatoms. The molecule has 0 amide bonds. The van der Waals surface area contributed by atoms with Crippen LogP contribution in [0.15, 0.2) is 18.2 Å². The lowest BCUT2D eigenvalue weighted by atomic mass is 10.0. The topological polar surface area (TPSA) is 66.5 Å². The molecule has 13 heavy (non-hydrogen) atoms. The van der Waals surface area contributed by atoms with Crippen molar-refractivity contribution in [3.8, 4) is 5.75 Å². The third-order valence-corrected chi connectivity index (χ3v) is 1.87. The summed E-state index contributed by atoms with van der Waals surface area (Å²) >= 11 is 0. The van der Waals surface area contributed by atoms with E-state index in [-0.39, 0.29) is 0 Å². The number of phenols is 1. The molecule has 1 aromatic rings. The number of hydrogen-bond acceptors (Lipinski definition) is 3. The normalized spacial score (nSPS) is 15.4. The van der Waals surface area contributed by atoms with Crippen LogP contribution in [-0.2, 0) is 0 Å². The molecule has 1 aromatic carbocycles. The summed E-state index contributed by atoms with van der Waals surface area (Å²) in [5, 5.41) is 18.2. The average Bonchev–Trinajstić information content (AvgIpc) is 2.08. The van der Waals surface area contributed by atoms with E-state index in [0.29, 0.717) is 5.56 Å². The summed E-state index contributed by atoms with van der Waals surface area (Å²) < 4.78 is 12.6. The summed E-state index contributed by atoms with van der Waals surface area (Å²) in [5.74, 6) is -1.14. The summed E-state index contributed by atoms with van der Waals surface area (Å²) in [5.41, 5.74) is 6.08. The van der Waals surface area contributed by atoms with Gasteiger partial charge in [0.15, 0.2) is 11.6 Å². The lowest BCUT2D eigenvalue weighted by Crippen LogP contribution is -2.23. The number of aromatic hydroxyl groups is 1. The van der Waals surface area contributed by atoms with Gasteiger partial charge in [0.2, 0.25) is 0 Å². The van der Waals surface area contributed by atoms with Crippen LogP contribution in [0.3, 0.4) is 0 Å². The fourth-order valence-electron chi connectivity index (χ4n) is 1.02. The maximum Gasteiger partial charge on any atom is 0.164 e. The van der Waals surface area contributed by atoms with Crippen molar-refractivity contribution < 1.29 is 14.6 Å². The molecule has 2 atom stereocenters. The maximum absolute atomic E-state index is 12.6. The Balaban J connectivity index is 2.97. The summed E-state index contributed by atoms with van der Waals surface area (Å²) in [7, 11) is 0. The molecule has 0 saturated carbocycles. The van der Waals surface area contributed by atoms with Crippen LogP contribution in [0.25, 0.3) is 0 Å². The van der Waals surface area contributed by atoms with Crippen LogP contribution in [0.2, 0.25) is 0 Å². The molecule has 0 spiro atoms. The van der Waals surface area contributed by atoms with E-state index in [0.717, 1.165) is 6.07 Å². The van der Waals surface area contributed by atoms with Crippen molar-refractivity contribution in [2.75, 3.05) is 0 Å². The number of benzene rings is 1. The Bertz CT molecular complexity index is 302. The molecule has 0 aliphatic rings. The number of nitrogens with two attached hydrogens (primary N) is 1. The van der Waals surface area contributed by atoms with Crippen LogP contribution in [0.5, 0.6) is 5.75 Å². The second-order valence-corrected chi connectivity index (χ2v) is 2.98. The molecule has 3 nitrogen and oxygen atoms in total. The SMILES string of the molecule is C[C@H](O)[C@@H](N)c1ccc(F)c(O)c1. The van der Waals surface area contributed by atoms with Crippen molar-refractivity contribution >= 4 is 0 Å². The lowest BCUT2D eigenvalue weighted by molar-refractivity contribution is 0.164. The standard InChI is InChI=1S/C9H12FNO2/c1-5(12)9(11)6-2-3-7(10)8(13)4-6/h2-5,9,12-13H,11H2,1H3/t5-,9+/m0/s1. The largest absolute Gasteiger partial charge is 0.505 e. The van der Waals surface area contributed by atoms with Crippen LogP contribution in [0.1, 0.15) is 18.5 Å². The van der Waals surface area contributed by atoms with Gasteiger partial charge in [0, 0.05) is 0 Å². The van der Waals surface area contributed by atoms with Crippen molar-refractivity contribution in [2.45, 2.75) is 19.1 Å². The van der Waals surface area contributed by atoms with E-state index in [2.05, 4.69) is 0 Å². The number of halogens is 1. The van der Waals surface area contributed by atoms with Gasteiger partial charge >= 0.3 is 0 Å². The van der Waals surface area contributed by atoms with Crippen LogP contribution >= 0.6 is 0 Å². The van der Waals surface area contributed by atoms with E-state index in [4.69, 9.17) is 15.9 Å². The Labute approximate surface area is 75.6 Å². The van der Waals surface area contributed by atoms with Gasteiger partial charge in [-0.15, -0.1) is 0 Å². The number of phenolic OH excluding ortho intramolecular Hbond substituents is 1. The van der Waals surface area contributed by atoms with E-state index in [1.165, 1.54) is 19.1 Å². The van der Waals surface area contributed by atoms with Crippen molar-refractivity contribution in [3.63, 3.8) is 0 Å². The van der Waals surface area contributed by atoms with Crippen molar-refractivity contribution in [3.05, 3.63) is 29.6 Å². The summed E-state index contributed by atoms with van der Waals surface area (Å²) in [4.78, 5) is 0. The van der Waals surface area contributed by atoms with Gasteiger partial charge in [-0.1, -0.05) is 6.07 Å². The molecule has 0 aliphatic heterocycles. The molecular weight excluding hydrogens is 173 g/mol. The second kappa shape index (κ2) is 3.72. The number of hydrogen-bond donors (Lipinski definition) is 3. The molecule has 0 bridgehead atoms. The quantitative estimate of drug-likeness (QED) is 0.641. The van der Waals surface area contributed by atoms with Gasteiger partial charge in [0.25, 0.3) is 0 Å². The van der Waals surface area contributed by atoms with Crippen molar-refractivity contribution in [1.29, 1.82) is 0 Å². The first kappa shape index (κ1) is 9.95. The summed E-state index contributed by atoms with van der Waals surface area (Å²) in [6.07, 6.45) is -0.732. The van der Waals surface area contributed by atoms with E-state index in [1.54, 1.807) is 0 Å². The van der Waals surface area contributed by atoms with Crippen molar-refractivity contribution in [2.24, 2.45) is 5.73 Å². The molecule has 0 saturated heterocycles. The fraction of sp³-hybridized carbons (Fsp3) is 0.333. The van der Waals surface area contributed by atoms with E-state index in [9.17, 15) is 4.39 Å². The van der Waals surface area contributed by atoms with E-state index in [1.807, 2.05) is 0 Å². The predicted molar refractivity (Wildman–Crippen MR) is 46.7 cm³/mol. The Morgan fingerprint density at radius 2 is 2.08 bits per heavy atom. The molecule has 0 aromatic heterocycles. The number of aliphatic hydroxyl groups is 1. The average molecular weight is 185 g/mol. The smallest absolute Gasteiger partial charge is 0.164 e. The summed E-state index contributed by atoms with van der Waals surface area (Å²) in [6, 6.07) is 3.16.